The molecule has 5 aliphatic rings. The van der Waals surface area contributed by atoms with Crippen molar-refractivity contribution < 1.29 is 23.6 Å². The monoisotopic (exact) mass is 784 g/mol. The molecular formula is C47H57BN4O6. The van der Waals surface area contributed by atoms with E-state index in [9.17, 15) is 14.4 Å². The predicted molar refractivity (Wildman–Crippen MR) is 227 cm³/mol. The summed E-state index contributed by atoms with van der Waals surface area (Å²) < 4.78 is 17.9. The number of likely N-dealkylation sites (tertiary alicyclic amines) is 1. The van der Waals surface area contributed by atoms with Crippen LogP contribution in [0.5, 0.6) is 0 Å². The summed E-state index contributed by atoms with van der Waals surface area (Å²) in [5, 5.41) is 3.23. The van der Waals surface area contributed by atoms with Gasteiger partial charge in [0.2, 0.25) is 5.91 Å². The van der Waals surface area contributed by atoms with E-state index in [0.29, 0.717) is 29.7 Å². The molecule has 3 heterocycles. The predicted octanol–water partition coefficient (Wildman–Crippen LogP) is 7.75. The van der Waals surface area contributed by atoms with Crippen molar-refractivity contribution in [1.82, 2.24) is 20.2 Å². The zero-order chi connectivity index (χ0) is 40.7. The minimum atomic E-state index is -0.749. The first-order chi connectivity index (χ1) is 27.7. The van der Waals surface area contributed by atoms with Gasteiger partial charge < -0.3 is 29.2 Å². The highest BCUT2D eigenvalue weighted by Gasteiger charge is 2.52. The summed E-state index contributed by atoms with van der Waals surface area (Å²) in [6.07, 6.45) is 11.2. The molecule has 11 heteroatoms. The molecule has 3 aromatic carbocycles. The minimum absolute atomic E-state index is 0.150. The van der Waals surface area contributed by atoms with Crippen LogP contribution in [-0.2, 0) is 44.5 Å². The van der Waals surface area contributed by atoms with Crippen molar-refractivity contribution in [2.75, 3.05) is 13.7 Å². The summed E-state index contributed by atoms with van der Waals surface area (Å²) in [5.41, 5.74) is 11.7. The number of H-pyrrole nitrogens is 1. The Morgan fingerprint density at radius 2 is 1.53 bits per heavy atom. The Morgan fingerprint density at radius 3 is 2.24 bits per heavy atom. The van der Waals surface area contributed by atoms with Gasteiger partial charge in [-0.05, 0) is 159 Å². The largest absolute Gasteiger partial charge is 0.495 e. The van der Waals surface area contributed by atoms with Crippen LogP contribution in [0.3, 0.4) is 0 Å². The van der Waals surface area contributed by atoms with Crippen molar-refractivity contribution in [3.63, 3.8) is 0 Å². The van der Waals surface area contributed by atoms with E-state index in [2.05, 4.69) is 68.3 Å². The molecule has 10 nitrogen and oxygen atoms in total. The molecular weight excluding hydrogens is 727 g/mol. The Morgan fingerprint density at radius 1 is 0.879 bits per heavy atom. The van der Waals surface area contributed by atoms with Crippen molar-refractivity contribution in [3.8, 4) is 22.3 Å². The Labute approximate surface area is 342 Å². The molecule has 2 saturated heterocycles. The SMILES string of the molecule is COC(=O)N[C@@H](C(=O)N1CCC[C@H]1c1nc2ccc(-c3ccc(-c4ccc(B5OC(C)(C)C(C)(C)O5)c5c4CCC5)c4c3CC3(CCCC3)C4)cc2c(=O)[nH]1)C(C)C. The fraction of sp³-hybridized carbons (Fsp3) is 0.532. The summed E-state index contributed by atoms with van der Waals surface area (Å²) in [6.45, 7) is 12.8. The molecule has 1 spiro atoms. The lowest BCUT2D eigenvalue weighted by atomic mass is 9.73. The Kier molecular flexibility index (Phi) is 9.66. The van der Waals surface area contributed by atoms with Gasteiger partial charge >= 0.3 is 13.2 Å². The van der Waals surface area contributed by atoms with Crippen molar-refractivity contribution in [1.29, 1.82) is 0 Å². The normalized spacial score (nSPS) is 21.9. The average molecular weight is 785 g/mol. The number of amides is 2. The summed E-state index contributed by atoms with van der Waals surface area (Å²) >= 11 is 0. The molecule has 2 atom stereocenters. The molecule has 3 fully saturated rings. The molecule has 58 heavy (non-hydrogen) atoms. The van der Waals surface area contributed by atoms with E-state index in [0.717, 1.165) is 44.1 Å². The zero-order valence-electron chi connectivity index (χ0n) is 35.2. The van der Waals surface area contributed by atoms with Gasteiger partial charge in [-0.25, -0.2) is 9.78 Å². The molecule has 0 bridgehead atoms. The van der Waals surface area contributed by atoms with Gasteiger partial charge in [0.05, 0.1) is 35.3 Å². The van der Waals surface area contributed by atoms with Gasteiger partial charge in [0.15, 0.2) is 0 Å². The van der Waals surface area contributed by atoms with E-state index < -0.39 is 18.2 Å². The Bertz CT molecular complexity index is 2360. The Balaban J connectivity index is 1.06. The Hall–Kier alpha value is -4.48. The van der Waals surface area contributed by atoms with Gasteiger partial charge in [0.25, 0.3) is 5.56 Å². The second-order valence-corrected chi connectivity index (χ2v) is 19.0. The molecule has 1 aromatic heterocycles. The number of nitrogens with zero attached hydrogens (tertiary/aromatic N) is 2. The number of ether oxygens (including phenoxy) is 1. The number of hydrogen-bond acceptors (Lipinski definition) is 7. The third-order valence-corrected chi connectivity index (χ3v) is 14.6. The molecule has 2 aliphatic heterocycles. The highest BCUT2D eigenvalue weighted by Crippen LogP contribution is 2.53. The molecule has 304 valence electrons. The molecule has 2 amide bonds. The van der Waals surface area contributed by atoms with E-state index in [4.69, 9.17) is 19.0 Å². The third-order valence-electron chi connectivity index (χ3n) is 14.6. The number of benzene rings is 3. The fourth-order valence-electron chi connectivity index (χ4n) is 10.8. The number of fused-ring (bicyclic) bond motifs is 3. The smallest absolute Gasteiger partial charge is 0.453 e. The number of aromatic amines is 1. The van der Waals surface area contributed by atoms with Crippen molar-refractivity contribution in [2.45, 2.75) is 135 Å². The van der Waals surface area contributed by atoms with E-state index in [1.165, 1.54) is 77.2 Å². The van der Waals surface area contributed by atoms with Crippen LogP contribution in [0.2, 0.25) is 0 Å². The third kappa shape index (κ3) is 6.48. The summed E-state index contributed by atoms with van der Waals surface area (Å²) in [7, 11) is 0.920. The van der Waals surface area contributed by atoms with E-state index in [1.54, 1.807) is 4.90 Å². The maximum absolute atomic E-state index is 13.9. The number of carbonyl (C=O) groups is 2. The average Bonchev–Trinajstić information content (AvgIpc) is 4.04. The molecule has 9 rings (SSSR count). The fourth-order valence-corrected chi connectivity index (χ4v) is 10.8. The van der Waals surface area contributed by atoms with Gasteiger partial charge in [-0.1, -0.05) is 57.0 Å². The second-order valence-electron chi connectivity index (χ2n) is 19.0. The molecule has 4 aromatic rings. The van der Waals surface area contributed by atoms with Crippen LogP contribution in [0, 0.1) is 11.3 Å². The topological polar surface area (TPSA) is 123 Å². The van der Waals surface area contributed by atoms with Crippen molar-refractivity contribution in [3.05, 3.63) is 80.9 Å². The molecule has 2 N–H and O–H groups in total. The van der Waals surface area contributed by atoms with Crippen LogP contribution in [0.25, 0.3) is 33.2 Å². The number of hydrogen-bond donors (Lipinski definition) is 2. The van der Waals surface area contributed by atoms with Gasteiger partial charge in [-0.2, -0.15) is 0 Å². The van der Waals surface area contributed by atoms with Gasteiger partial charge in [0, 0.05) is 6.54 Å². The number of nitrogens with one attached hydrogen (secondary N) is 2. The molecule has 3 aliphatic carbocycles. The van der Waals surface area contributed by atoms with E-state index >= 15 is 0 Å². The second kappa shape index (κ2) is 14.4. The van der Waals surface area contributed by atoms with Gasteiger partial charge in [-0.15, -0.1) is 0 Å². The van der Waals surface area contributed by atoms with Crippen LogP contribution >= 0.6 is 0 Å². The quantitative estimate of drug-likeness (QED) is 0.184. The first-order valence-electron chi connectivity index (χ1n) is 21.5. The summed E-state index contributed by atoms with van der Waals surface area (Å²) in [5.74, 6) is 0.119. The summed E-state index contributed by atoms with van der Waals surface area (Å²) in [6, 6.07) is 14.2. The van der Waals surface area contributed by atoms with E-state index in [1.807, 2.05) is 26.0 Å². The standard InChI is InChI=1S/C47H57BN4O6/c1-27(2)40(50-44(55)56-7)43(54)52-23-11-14-39(52)41-49-38-20-15-28(24-34(38)42(53)51-41)29-16-17-32(36-26-47(25-35(29)36)21-8-9-22-47)31-18-19-37(33-13-10-12-30(31)33)48-57-45(3,4)46(5,6)58-48/h15-20,24,27,39-40H,8-14,21-23,25-26H2,1-7H3,(H,50,55)(H,49,51,53)/t39-,40+/m0/s1. The molecule has 1 saturated carbocycles. The maximum atomic E-state index is 13.9. The number of rotatable bonds is 7. The van der Waals surface area contributed by atoms with Gasteiger partial charge in [0.1, 0.15) is 11.9 Å². The van der Waals surface area contributed by atoms with Crippen molar-refractivity contribution in [2.24, 2.45) is 11.3 Å². The zero-order valence-corrected chi connectivity index (χ0v) is 35.2. The van der Waals surface area contributed by atoms with Crippen LogP contribution in [0.4, 0.5) is 4.79 Å². The lowest BCUT2D eigenvalue weighted by molar-refractivity contribution is -0.135. The first-order valence-corrected chi connectivity index (χ1v) is 21.5. The lowest BCUT2D eigenvalue weighted by Gasteiger charge is -2.32. The molecule has 0 unspecified atom stereocenters. The highest BCUT2D eigenvalue weighted by molar-refractivity contribution is 6.62. The van der Waals surface area contributed by atoms with Gasteiger partial charge in [-0.3, -0.25) is 9.59 Å². The van der Waals surface area contributed by atoms with Crippen LogP contribution in [0.1, 0.15) is 121 Å². The van der Waals surface area contributed by atoms with E-state index in [-0.39, 0.29) is 41.1 Å². The van der Waals surface area contributed by atoms with Crippen LogP contribution < -0.4 is 16.3 Å². The number of alkyl carbamates (subject to hydrolysis) is 1. The first kappa shape index (κ1) is 39.0. The number of aromatic nitrogens is 2. The molecule has 0 radical (unpaired) electrons. The number of methoxy groups -OCH3 is 1. The van der Waals surface area contributed by atoms with Crippen molar-refractivity contribution >= 4 is 35.5 Å². The summed E-state index contributed by atoms with van der Waals surface area (Å²) in [4.78, 5) is 49.5. The highest BCUT2D eigenvalue weighted by atomic mass is 16.7. The lowest BCUT2D eigenvalue weighted by Crippen LogP contribution is -2.51. The minimum Gasteiger partial charge on any atom is -0.453 e. The maximum Gasteiger partial charge on any atom is 0.495 e. The number of carbonyl (C=O) groups excluding carboxylic acids is 2. The van der Waals surface area contributed by atoms with Crippen LogP contribution in [-0.4, -0.2) is 64.9 Å². The van der Waals surface area contributed by atoms with Crippen LogP contribution in [0.15, 0.2) is 47.3 Å².